The van der Waals surface area contributed by atoms with Gasteiger partial charge in [-0.3, -0.25) is 0 Å². The summed E-state index contributed by atoms with van der Waals surface area (Å²) in [5.74, 6) is -1.57. The molecule has 3 aliphatic carbocycles. The number of rotatable bonds is 3. The van der Waals surface area contributed by atoms with Gasteiger partial charge in [-0.05, 0) is 68.1 Å². The summed E-state index contributed by atoms with van der Waals surface area (Å²) in [6, 6.07) is 0. The maximum atomic E-state index is 14.1. The fourth-order valence-electron chi connectivity index (χ4n) is 4.61. The number of halogens is 3. The van der Waals surface area contributed by atoms with E-state index in [2.05, 4.69) is 18.4 Å². The molecular weight excluding hydrogens is 309 g/mol. The number of allylic oxidation sites excluding steroid dienone is 6. The predicted octanol–water partition coefficient (Wildman–Crippen LogP) is 7.02. The van der Waals surface area contributed by atoms with Gasteiger partial charge in [-0.15, -0.1) is 0 Å². The van der Waals surface area contributed by atoms with E-state index in [1.807, 2.05) is 6.92 Å². The van der Waals surface area contributed by atoms with E-state index >= 15 is 0 Å². The molecule has 1 unspecified atom stereocenters. The van der Waals surface area contributed by atoms with Gasteiger partial charge >= 0.3 is 0 Å². The van der Waals surface area contributed by atoms with Crippen LogP contribution in [0.3, 0.4) is 0 Å². The van der Waals surface area contributed by atoms with Gasteiger partial charge < -0.3 is 0 Å². The summed E-state index contributed by atoms with van der Waals surface area (Å²) in [7, 11) is 0. The highest BCUT2D eigenvalue weighted by Crippen LogP contribution is 2.44. The molecule has 1 fully saturated rings. The van der Waals surface area contributed by atoms with E-state index in [1.54, 1.807) is 0 Å². The molecule has 130 valence electrons. The van der Waals surface area contributed by atoms with Gasteiger partial charge in [0.2, 0.25) is 11.7 Å². The Morgan fingerprint density at radius 1 is 0.917 bits per heavy atom. The topological polar surface area (TPSA) is 0 Å². The largest absolute Gasteiger partial charge is 0.212 e. The summed E-state index contributed by atoms with van der Waals surface area (Å²) >= 11 is 0. The molecule has 0 aromatic heterocycles. The molecule has 0 radical (unpaired) electrons. The molecular formula is C21H25F3. The summed E-state index contributed by atoms with van der Waals surface area (Å²) in [6.45, 7) is 4.27. The van der Waals surface area contributed by atoms with Crippen molar-refractivity contribution >= 4 is 0 Å². The standard InChI is InChI=1S/C21H25F3/c1-3-14-4-6-15(7-5-14)16-8-9-17(13(2)12-16)18-10-11-19(22)21(24)20(18)23/h14-16H,3-9,12H2,1-2H3. The van der Waals surface area contributed by atoms with Crippen molar-refractivity contribution in [3.8, 4) is 0 Å². The Bertz CT molecular complexity index is 674. The van der Waals surface area contributed by atoms with E-state index in [0.29, 0.717) is 5.92 Å². The number of hydrogen-bond donors (Lipinski definition) is 0. The highest BCUT2D eigenvalue weighted by atomic mass is 19.2. The zero-order valence-electron chi connectivity index (χ0n) is 14.5. The lowest BCUT2D eigenvalue weighted by Crippen LogP contribution is -2.24. The third kappa shape index (κ3) is 3.34. The quantitative estimate of drug-likeness (QED) is 0.487. The van der Waals surface area contributed by atoms with Crippen LogP contribution in [0.4, 0.5) is 13.2 Å². The van der Waals surface area contributed by atoms with Crippen LogP contribution in [0.15, 0.2) is 45.7 Å². The molecule has 0 aromatic carbocycles. The average Bonchev–Trinajstić information content (AvgIpc) is 2.60. The van der Waals surface area contributed by atoms with Gasteiger partial charge in [0.1, 0.15) is 0 Å². The Balaban J connectivity index is 1.75. The van der Waals surface area contributed by atoms with Gasteiger partial charge in [-0.25, -0.2) is 4.39 Å². The second-order valence-corrected chi connectivity index (χ2v) is 7.52. The minimum Gasteiger partial charge on any atom is -0.202 e. The van der Waals surface area contributed by atoms with Crippen molar-refractivity contribution in [1.82, 2.24) is 0 Å². The maximum absolute atomic E-state index is 14.1. The average molecular weight is 334 g/mol. The molecule has 0 amide bonds. The van der Waals surface area contributed by atoms with Gasteiger partial charge in [0.25, 0.3) is 0 Å². The molecule has 0 saturated heterocycles. The van der Waals surface area contributed by atoms with Crippen molar-refractivity contribution < 1.29 is 13.2 Å². The van der Waals surface area contributed by atoms with Crippen LogP contribution in [0.5, 0.6) is 0 Å². The first-order valence-corrected chi connectivity index (χ1v) is 9.17. The van der Waals surface area contributed by atoms with Crippen molar-refractivity contribution in [3.63, 3.8) is 0 Å². The molecule has 0 aliphatic heterocycles. The van der Waals surface area contributed by atoms with Crippen LogP contribution >= 0.6 is 0 Å². The maximum Gasteiger partial charge on any atom is 0.212 e. The van der Waals surface area contributed by atoms with E-state index < -0.39 is 17.5 Å². The predicted molar refractivity (Wildman–Crippen MR) is 90.2 cm³/mol. The van der Waals surface area contributed by atoms with Crippen LogP contribution in [0, 0.1) is 17.8 Å². The summed E-state index contributed by atoms with van der Waals surface area (Å²) in [5, 5.41) is 0. The Morgan fingerprint density at radius 2 is 1.62 bits per heavy atom. The third-order valence-electron chi connectivity index (χ3n) is 6.19. The Labute approximate surface area is 142 Å². The van der Waals surface area contributed by atoms with Crippen LogP contribution < -0.4 is 0 Å². The second-order valence-electron chi connectivity index (χ2n) is 7.52. The molecule has 3 heteroatoms. The Hall–Kier alpha value is -1.43. The smallest absolute Gasteiger partial charge is 0.202 e. The fraction of sp³-hybridized carbons (Fsp3) is 0.619. The Kier molecular flexibility index (Phi) is 5.23. The van der Waals surface area contributed by atoms with Gasteiger partial charge in [-0.2, -0.15) is 8.78 Å². The van der Waals surface area contributed by atoms with Gasteiger partial charge in [0, 0.05) is 0 Å². The molecule has 3 rings (SSSR count). The lowest BCUT2D eigenvalue weighted by molar-refractivity contribution is 0.187. The van der Waals surface area contributed by atoms with Crippen LogP contribution in [-0.2, 0) is 0 Å². The molecule has 0 bridgehead atoms. The molecule has 1 saturated carbocycles. The number of hydrogen-bond acceptors (Lipinski definition) is 0. The summed E-state index contributed by atoms with van der Waals surface area (Å²) < 4.78 is 40.6. The van der Waals surface area contributed by atoms with E-state index in [9.17, 15) is 13.2 Å². The van der Waals surface area contributed by atoms with Gasteiger partial charge in [0.15, 0.2) is 5.83 Å². The molecule has 3 aliphatic rings. The zero-order valence-corrected chi connectivity index (χ0v) is 14.5. The first kappa shape index (κ1) is 17.4. The molecule has 0 nitrogen and oxygen atoms in total. The first-order chi connectivity index (χ1) is 11.5. The van der Waals surface area contributed by atoms with Crippen molar-refractivity contribution in [2.45, 2.75) is 65.2 Å². The molecule has 0 aromatic rings. The monoisotopic (exact) mass is 334 g/mol. The van der Waals surface area contributed by atoms with Crippen LogP contribution in [0.2, 0.25) is 0 Å². The summed E-state index contributed by atoms with van der Waals surface area (Å²) in [6.07, 6.45) is 9.18. The van der Waals surface area contributed by atoms with Crippen molar-refractivity contribution in [2.75, 3.05) is 0 Å². The normalized spacial score (nSPS) is 31.3. The van der Waals surface area contributed by atoms with E-state index in [0.717, 1.165) is 42.2 Å². The van der Waals surface area contributed by atoms with E-state index in [-0.39, 0.29) is 5.57 Å². The molecule has 0 spiro atoms. The Morgan fingerprint density at radius 3 is 2.25 bits per heavy atom. The lowest BCUT2D eigenvalue weighted by atomic mass is 9.69. The van der Waals surface area contributed by atoms with Crippen molar-refractivity contribution in [3.05, 3.63) is 45.7 Å². The highest BCUT2D eigenvalue weighted by Gasteiger charge is 2.32. The van der Waals surface area contributed by atoms with Crippen molar-refractivity contribution in [2.24, 2.45) is 17.8 Å². The zero-order chi connectivity index (χ0) is 17.3. The molecule has 1 atom stereocenters. The van der Waals surface area contributed by atoms with Crippen molar-refractivity contribution in [1.29, 1.82) is 0 Å². The minimum absolute atomic E-state index is 0.0690. The van der Waals surface area contributed by atoms with E-state index in [1.165, 1.54) is 32.1 Å². The van der Waals surface area contributed by atoms with Gasteiger partial charge in [0.05, 0.1) is 5.57 Å². The van der Waals surface area contributed by atoms with E-state index in [4.69, 9.17) is 0 Å². The molecule has 0 N–H and O–H groups in total. The SMILES string of the molecule is CCC1CCC(C2CCC(C3=C=C=C(F)C(F)=C3F)=C(C)C2)CC1. The lowest BCUT2D eigenvalue weighted by Gasteiger charge is -2.36. The van der Waals surface area contributed by atoms with Gasteiger partial charge in [-0.1, -0.05) is 37.5 Å². The summed E-state index contributed by atoms with van der Waals surface area (Å²) in [5.41, 5.74) is 6.51. The molecule has 0 heterocycles. The summed E-state index contributed by atoms with van der Waals surface area (Å²) in [4.78, 5) is 0. The van der Waals surface area contributed by atoms with Crippen LogP contribution in [-0.4, -0.2) is 0 Å². The fourth-order valence-corrected chi connectivity index (χ4v) is 4.61. The second kappa shape index (κ2) is 7.21. The third-order valence-corrected chi connectivity index (χ3v) is 6.19. The van der Waals surface area contributed by atoms with Crippen LogP contribution in [0.25, 0.3) is 0 Å². The minimum atomic E-state index is -1.44. The molecule has 24 heavy (non-hydrogen) atoms. The first-order valence-electron chi connectivity index (χ1n) is 9.17. The van der Waals surface area contributed by atoms with Crippen LogP contribution in [0.1, 0.15) is 65.2 Å². The highest BCUT2D eigenvalue weighted by molar-refractivity contribution is 5.51.